The van der Waals surface area contributed by atoms with E-state index in [1.54, 1.807) is 6.92 Å². The summed E-state index contributed by atoms with van der Waals surface area (Å²) in [6, 6.07) is 0. The van der Waals surface area contributed by atoms with Crippen LogP contribution >= 0.6 is 0 Å². The highest BCUT2D eigenvalue weighted by Crippen LogP contribution is 2.19. The summed E-state index contributed by atoms with van der Waals surface area (Å²) in [7, 11) is -2.76. The third-order valence-corrected chi connectivity index (χ3v) is 6.92. The molecule has 0 aromatic heterocycles. The van der Waals surface area contributed by atoms with E-state index >= 15 is 0 Å². The molecule has 10 heavy (non-hydrogen) atoms. The van der Waals surface area contributed by atoms with Crippen molar-refractivity contribution in [3.05, 3.63) is 0 Å². The number of sulfonamides is 1. The Morgan fingerprint density at radius 2 is 1.80 bits per heavy atom. The monoisotopic (exact) mass is 181 g/mol. The maximum absolute atomic E-state index is 10.9. The van der Waals surface area contributed by atoms with Crippen LogP contribution in [0, 0.1) is 5.92 Å². The van der Waals surface area contributed by atoms with Gasteiger partial charge in [-0.05, 0) is 12.8 Å². The maximum Gasteiger partial charge on any atom is 0.211 e. The summed E-state index contributed by atoms with van der Waals surface area (Å²) in [6.07, 6.45) is 0. The lowest BCUT2D eigenvalue weighted by molar-refractivity contribution is 0.520. The molecule has 1 atom stereocenters. The molecule has 0 aromatic carbocycles. The molecule has 0 amide bonds. The van der Waals surface area contributed by atoms with Gasteiger partial charge in [0.1, 0.15) is 0 Å². The molecule has 0 aliphatic carbocycles. The molecule has 0 bridgehead atoms. The van der Waals surface area contributed by atoms with Crippen LogP contribution in [0.1, 0.15) is 20.8 Å². The van der Waals surface area contributed by atoms with E-state index in [0.717, 1.165) is 0 Å². The average molecular weight is 181 g/mol. The molecular weight excluding hydrogens is 166 g/mol. The highest BCUT2D eigenvalue weighted by molar-refractivity contribution is 7.91. The molecule has 62 valence electrons. The van der Waals surface area contributed by atoms with Gasteiger partial charge in [0.05, 0.1) is 4.37 Å². The van der Waals surface area contributed by atoms with Crippen molar-refractivity contribution in [3.63, 3.8) is 0 Å². The average Bonchev–Trinajstić information content (AvgIpc) is 1.62. The van der Waals surface area contributed by atoms with E-state index in [-0.39, 0.29) is 5.92 Å². The lowest BCUT2D eigenvalue weighted by atomic mass is 10.1. The zero-order chi connectivity index (χ0) is 8.58. The van der Waals surface area contributed by atoms with Crippen molar-refractivity contribution in [1.82, 2.24) is 0 Å². The molecule has 0 fully saturated rings. The van der Waals surface area contributed by atoms with E-state index in [4.69, 9.17) is 5.14 Å². The maximum atomic E-state index is 10.9. The zero-order valence-electron chi connectivity index (χ0n) is 6.88. The standard InChI is InChI=1S/C5H15NO2SSi/c1-4(2)5(3,10)9(6,7)8/h4H,1-3,10H3,(H2,6,7,8). The third kappa shape index (κ3) is 1.80. The minimum absolute atomic E-state index is 0.106. The Morgan fingerprint density at radius 3 is 1.80 bits per heavy atom. The van der Waals surface area contributed by atoms with E-state index in [0.29, 0.717) is 10.2 Å². The van der Waals surface area contributed by atoms with E-state index in [1.807, 2.05) is 13.8 Å². The third-order valence-electron chi connectivity index (χ3n) is 2.12. The first kappa shape index (κ1) is 10.1. The molecule has 0 heterocycles. The van der Waals surface area contributed by atoms with Gasteiger partial charge >= 0.3 is 0 Å². The van der Waals surface area contributed by atoms with Gasteiger partial charge in [0.2, 0.25) is 10.0 Å². The largest absolute Gasteiger partial charge is 0.229 e. The van der Waals surface area contributed by atoms with Crippen LogP contribution in [0.3, 0.4) is 0 Å². The van der Waals surface area contributed by atoms with Gasteiger partial charge in [-0.15, -0.1) is 0 Å². The highest BCUT2D eigenvalue weighted by Gasteiger charge is 2.33. The minimum Gasteiger partial charge on any atom is -0.229 e. The molecule has 1 unspecified atom stereocenters. The molecule has 0 aromatic rings. The van der Waals surface area contributed by atoms with Crippen molar-refractivity contribution in [2.24, 2.45) is 11.1 Å². The second-order valence-corrected chi connectivity index (χ2v) is 8.25. The molecule has 5 heteroatoms. The Hall–Kier alpha value is 0.127. The summed E-state index contributed by atoms with van der Waals surface area (Å²) in [5.41, 5.74) is 0. The molecular formula is C5H15NO2SSi. The molecule has 3 nitrogen and oxygen atoms in total. The van der Waals surface area contributed by atoms with Crippen LogP contribution in [-0.4, -0.2) is 23.0 Å². The fraction of sp³-hybridized carbons (Fsp3) is 1.00. The summed E-state index contributed by atoms with van der Waals surface area (Å²) in [4.78, 5) is 0. The lowest BCUT2D eigenvalue weighted by Gasteiger charge is -2.25. The summed E-state index contributed by atoms with van der Waals surface area (Å²) in [5.74, 6) is 0.106. The van der Waals surface area contributed by atoms with Gasteiger partial charge in [-0.25, -0.2) is 13.6 Å². The van der Waals surface area contributed by atoms with E-state index < -0.39 is 14.4 Å². The Kier molecular flexibility index (Phi) is 2.67. The summed E-state index contributed by atoms with van der Waals surface area (Å²) in [5, 5.41) is 5.02. The smallest absolute Gasteiger partial charge is 0.211 e. The number of hydrogen-bond acceptors (Lipinski definition) is 2. The van der Waals surface area contributed by atoms with Crippen LogP contribution in [0.5, 0.6) is 0 Å². The van der Waals surface area contributed by atoms with Crippen molar-refractivity contribution in [3.8, 4) is 0 Å². The fourth-order valence-corrected chi connectivity index (χ4v) is 0.986. The second kappa shape index (κ2) is 2.63. The van der Waals surface area contributed by atoms with Crippen molar-refractivity contribution >= 4 is 20.3 Å². The van der Waals surface area contributed by atoms with Gasteiger partial charge in [-0.2, -0.15) is 0 Å². The first-order valence-corrected chi connectivity index (χ1v) is 5.76. The molecule has 0 radical (unpaired) electrons. The molecule has 0 aliphatic rings. The van der Waals surface area contributed by atoms with E-state index in [1.165, 1.54) is 0 Å². The van der Waals surface area contributed by atoms with Crippen LogP contribution in [0.15, 0.2) is 0 Å². The summed E-state index contributed by atoms with van der Waals surface area (Å²) >= 11 is 0. The number of rotatable bonds is 2. The van der Waals surface area contributed by atoms with Crippen LogP contribution in [0.25, 0.3) is 0 Å². The SMILES string of the molecule is CC(C)C(C)([SiH3])S(N)(=O)=O. The summed E-state index contributed by atoms with van der Waals surface area (Å²) in [6.45, 7) is 5.44. The van der Waals surface area contributed by atoms with E-state index in [9.17, 15) is 8.42 Å². The fourth-order valence-electron chi connectivity index (χ4n) is 0.329. The van der Waals surface area contributed by atoms with Crippen LogP contribution in [0.4, 0.5) is 0 Å². The summed E-state index contributed by atoms with van der Waals surface area (Å²) < 4.78 is 21.1. The topological polar surface area (TPSA) is 60.2 Å². The van der Waals surface area contributed by atoms with Crippen LogP contribution in [0.2, 0.25) is 0 Å². The minimum atomic E-state index is -3.34. The Bertz CT molecular complexity index is 208. The van der Waals surface area contributed by atoms with Crippen molar-refractivity contribution in [2.45, 2.75) is 25.1 Å². The van der Waals surface area contributed by atoms with Gasteiger partial charge in [-0.3, -0.25) is 0 Å². The predicted octanol–water partition coefficient (Wildman–Crippen LogP) is -0.987. The second-order valence-electron chi connectivity index (χ2n) is 3.30. The normalized spacial score (nSPS) is 19.3. The molecule has 2 N–H and O–H groups in total. The Morgan fingerprint density at radius 1 is 1.50 bits per heavy atom. The van der Waals surface area contributed by atoms with Crippen molar-refractivity contribution < 1.29 is 8.42 Å². The lowest BCUT2D eigenvalue weighted by Crippen LogP contribution is -2.45. The molecule has 0 aliphatic heterocycles. The van der Waals surface area contributed by atoms with Gasteiger partial charge in [0, 0.05) is 10.2 Å². The first-order valence-electron chi connectivity index (χ1n) is 3.22. The van der Waals surface area contributed by atoms with Crippen molar-refractivity contribution in [1.29, 1.82) is 0 Å². The van der Waals surface area contributed by atoms with Crippen LogP contribution in [-0.2, 0) is 10.0 Å². The highest BCUT2D eigenvalue weighted by atomic mass is 32.2. The van der Waals surface area contributed by atoms with Gasteiger partial charge < -0.3 is 0 Å². The number of primary sulfonamides is 1. The van der Waals surface area contributed by atoms with Crippen molar-refractivity contribution in [2.75, 3.05) is 0 Å². The molecule has 0 saturated carbocycles. The Balaban J connectivity index is 4.76. The van der Waals surface area contributed by atoms with Gasteiger partial charge in [0.15, 0.2) is 0 Å². The quantitative estimate of drug-likeness (QED) is 0.556. The predicted molar refractivity (Wildman–Crippen MR) is 46.3 cm³/mol. The zero-order valence-corrected chi connectivity index (χ0v) is 9.70. The molecule has 0 saturated heterocycles. The van der Waals surface area contributed by atoms with Gasteiger partial charge in [0.25, 0.3) is 0 Å². The molecule has 0 rings (SSSR count). The first-order chi connectivity index (χ1) is 4.19. The van der Waals surface area contributed by atoms with E-state index in [2.05, 4.69) is 0 Å². The van der Waals surface area contributed by atoms with Gasteiger partial charge in [-0.1, -0.05) is 13.8 Å². The number of hydrogen-bond donors (Lipinski definition) is 1. The molecule has 0 spiro atoms. The Labute approximate surface area is 65.5 Å². The van der Waals surface area contributed by atoms with Crippen LogP contribution < -0.4 is 5.14 Å². The number of nitrogens with two attached hydrogens (primary N) is 1.